The minimum absolute atomic E-state index is 0.0663. The first-order chi connectivity index (χ1) is 9.20. The molecule has 0 saturated heterocycles. The summed E-state index contributed by atoms with van der Waals surface area (Å²) in [4.78, 5) is 14.0. The van der Waals surface area contributed by atoms with Gasteiger partial charge in [0.1, 0.15) is 5.60 Å². The molecule has 0 bridgehead atoms. The Morgan fingerprint density at radius 3 is 2.60 bits per heavy atom. The maximum Gasteiger partial charge on any atom is 0.410 e. The molecule has 3 nitrogen and oxygen atoms in total. The van der Waals surface area contributed by atoms with Gasteiger partial charge in [-0.15, -0.1) is 0 Å². The monoisotopic (exact) mass is 315 g/mol. The van der Waals surface area contributed by atoms with E-state index in [1.807, 2.05) is 33.8 Å². The van der Waals surface area contributed by atoms with Crippen molar-refractivity contribution in [2.24, 2.45) is 0 Å². The van der Waals surface area contributed by atoms with E-state index in [-0.39, 0.29) is 12.1 Å². The zero-order valence-corrected chi connectivity index (χ0v) is 13.7. The third-order valence-electron chi connectivity index (χ3n) is 3.38. The second-order valence-electron chi connectivity index (χ2n) is 6.03. The molecule has 1 heterocycles. The van der Waals surface area contributed by atoms with Gasteiger partial charge in [0.25, 0.3) is 0 Å². The summed E-state index contributed by atoms with van der Waals surface area (Å²) in [5, 5.41) is 1.16. The number of hydrogen-bond acceptors (Lipinski definition) is 2. The van der Waals surface area contributed by atoms with Gasteiger partial charge >= 0.3 is 6.09 Å². The maximum atomic E-state index is 12.2. The molecule has 0 spiro atoms. The van der Waals surface area contributed by atoms with Crippen LogP contribution in [-0.2, 0) is 11.2 Å². The first-order valence-electron chi connectivity index (χ1n) is 6.67. The highest BCUT2D eigenvalue weighted by molar-refractivity contribution is 6.42. The van der Waals surface area contributed by atoms with E-state index in [1.165, 1.54) is 0 Å². The average molecular weight is 316 g/mol. The van der Waals surface area contributed by atoms with Crippen LogP contribution in [0.3, 0.4) is 0 Å². The van der Waals surface area contributed by atoms with E-state index in [0.29, 0.717) is 23.0 Å². The molecule has 5 heteroatoms. The standard InChI is InChI=1S/C15H19Cl2NO2/c1-9-10-5-6-12(16)13(17)11(10)7-8-18(9)14(19)20-15(2,3)4/h5-6,9H,7-8H2,1-4H3. The summed E-state index contributed by atoms with van der Waals surface area (Å²) in [6.07, 6.45) is 0.403. The molecule has 0 radical (unpaired) electrons. The van der Waals surface area contributed by atoms with E-state index in [9.17, 15) is 4.79 Å². The van der Waals surface area contributed by atoms with Crippen LogP contribution < -0.4 is 0 Å². The van der Waals surface area contributed by atoms with Gasteiger partial charge in [0.2, 0.25) is 0 Å². The summed E-state index contributed by atoms with van der Waals surface area (Å²) >= 11 is 12.3. The second kappa shape index (κ2) is 5.45. The Morgan fingerprint density at radius 2 is 2.00 bits per heavy atom. The van der Waals surface area contributed by atoms with Gasteiger partial charge in [-0.05, 0) is 51.3 Å². The van der Waals surface area contributed by atoms with E-state index in [1.54, 1.807) is 11.0 Å². The highest BCUT2D eigenvalue weighted by Gasteiger charge is 2.32. The molecule has 0 aliphatic carbocycles. The zero-order chi connectivity index (χ0) is 15.1. The van der Waals surface area contributed by atoms with Crippen LogP contribution in [0.4, 0.5) is 4.79 Å². The van der Waals surface area contributed by atoms with Gasteiger partial charge in [-0.3, -0.25) is 0 Å². The largest absolute Gasteiger partial charge is 0.444 e. The number of carbonyl (C=O) groups excluding carboxylic acids is 1. The molecule has 1 aliphatic heterocycles. The fourth-order valence-corrected chi connectivity index (χ4v) is 2.86. The molecule has 110 valence electrons. The first-order valence-corrected chi connectivity index (χ1v) is 7.42. The van der Waals surface area contributed by atoms with Gasteiger partial charge in [0.05, 0.1) is 16.1 Å². The number of hydrogen-bond donors (Lipinski definition) is 0. The SMILES string of the molecule is CC1c2ccc(Cl)c(Cl)c2CCN1C(=O)OC(C)(C)C. The van der Waals surface area contributed by atoms with Crippen LogP contribution in [0.2, 0.25) is 10.0 Å². The summed E-state index contributed by atoms with van der Waals surface area (Å²) in [6, 6.07) is 3.64. The minimum atomic E-state index is -0.491. The van der Waals surface area contributed by atoms with Crippen molar-refractivity contribution in [1.82, 2.24) is 4.90 Å². The summed E-state index contributed by atoms with van der Waals surface area (Å²) in [5.74, 6) is 0. The fourth-order valence-electron chi connectivity index (χ4n) is 2.42. The van der Waals surface area contributed by atoms with Gasteiger partial charge in [0, 0.05) is 6.54 Å². The number of benzene rings is 1. The number of rotatable bonds is 0. The maximum absolute atomic E-state index is 12.2. The first kappa shape index (κ1) is 15.5. The molecule has 0 aromatic heterocycles. The second-order valence-corrected chi connectivity index (χ2v) is 6.81. The Bertz CT molecular complexity index is 537. The zero-order valence-electron chi connectivity index (χ0n) is 12.2. The van der Waals surface area contributed by atoms with E-state index in [4.69, 9.17) is 27.9 Å². The molecule has 1 aliphatic rings. The van der Waals surface area contributed by atoms with Crippen molar-refractivity contribution in [3.05, 3.63) is 33.3 Å². The Hall–Kier alpha value is -0.930. The van der Waals surface area contributed by atoms with Crippen LogP contribution in [-0.4, -0.2) is 23.1 Å². The minimum Gasteiger partial charge on any atom is -0.444 e. The van der Waals surface area contributed by atoms with Crippen LogP contribution in [0, 0.1) is 0 Å². The van der Waals surface area contributed by atoms with Gasteiger partial charge in [-0.25, -0.2) is 4.79 Å². The van der Waals surface area contributed by atoms with Crippen molar-refractivity contribution in [2.45, 2.75) is 45.8 Å². The molecule has 0 saturated carbocycles. The number of ether oxygens (including phenoxy) is 1. The molecule has 1 atom stereocenters. The Morgan fingerprint density at radius 1 is 1.35 bits per heavy atom. The van der Waals surface area contributed by atoms with Crippen LogP contribution in [0.1, 0.15) is 44.9 Å². The molecular weight excluding hydrogens is 297 g/mol. The number of nitrogens with zero attached hydrogens (tertiary/aromatic N) is 1. The van der Waals surface area contributed by atoms with E-state index < -0.39 is 5.60 Å². The van der Waals surface area contributed by atoms with Crippen molar-refractivity contribution >= 4 is 29.3 Å². The van der Waals surface area contributed by atoms with Crippen LogP contribution in [0.5, 0.6) is 0 Å². The van der Waals surface area contributed by atoms with Crippen LogP contribution in [0.25, 0.3) is 0 Å². The lowest BCUT2D eigenvalue weighted by atomic mass is 9.94. The lowest BCUT2D eigenvalue weighted by Gasteiger charge is -2.36. The van der Waals surface area contributed by atoms with Crippen molar-refractivity contribution < 1.29 is 9.53 Å². The summed E-state index contributed by atoms with van der Waals surface area (Å²) in [5.41, 5.74) is 1.58. The molecule has 20 heavy (non-hydrogen) atoms. The molecule has 2 rings (SSSR count). The van der Waals surface area contributed by atoms with Gasteiger partial charge in [-0.1, -0.05) is 29.3 Å². The molecule has 1 aromatic carbocycles. The number of halogens is 2. The van der Waals surface area contributed by atoms with E-state index in [0.717, 1.165) is 11.1 Å². The van der Waals surface area contributed by atoms with Gasteiger partial charge in [-0.2, -0.15) is 0 Å². The van der Waals surface area contributed by atoms with Crippen molar-refractivity contribution in [2.75, 3.05) is 6.54 Å². The normalized spacial score (nSPS) is 18.7. The number of amides is 1. The molecular formula is C15H19Cl2NO2. The van der Waals surface area contributed by atoms with Crippen molar-refractivity contribution in [3.8, 4) is 0 Å². The quantitative estimate of drug-likeness (QED) is 0.685. The summed E-state index contributed by atoms with van der Waals surface area (Å²) < 4.78 is 5.44. The Kier molecular flexibility index (Phi) is 4.22. The number of fused-ring (bicyclic) bond motifs is 1. The predicted octanol–water partition coefficient (Wildman–Crippen LogP) is 4.85. The van der Waals surface area contributed by atoms with Gasteiger partial charge < -0.3 is 9.64 Å². The molecule has 1 aromatic rings. The van der Waals surface area contributed by atoms with Crippen LogP contribution >= 0.6 is 23.2 Å². The Labute approximate surface area is 129 Å². The van der Waals surface area contributed by atoms with Crippen molar-refractivity contribution in [3.63, 3.8) is 0 Å². The third kappa shape index (κ3) is 3.04. The third-order valence-corrected chi connectivity index (χ3v) is 4.22. The lowest BCUT2D eigenvalue weighted by Crippen LogP contribution is -2.42. The summed E-state index contributed by atoms with van der Waals surface area (Å²) in [6.45, 7) is 8.16. The van der Waals surface area contributed by atoms with E-state index >= 15 is 0 Å². The smallest absolute Gasteiger partial charge is 0.410 e. The summed E-state index contributed by atoms with van der Waals surface area (Å²) in [7, 11) is 0. The van der Waals surface area contributed by atoms with Crippen molar-refractivity contribution in [1.29, 1.82) is 0 Å². The highest BCUT2D eigenvalue weighted by atomic mass is 35.5. The average Bonchev–Trinajstić information content (AvgIpc) is 2.32. The van der Waals surface area contributed by atoms with Crippen LogP contribution in [0.15, 0.2) is 12.1 Å². The van der Waals surface area contributed by atoms with E-state index in [2.05, 4.69) is 0 Å². The predicted molar refractivity (Wildman–Crippen MR) is 81.5 cm³/mol. The molecule has 1 amide bonds. The Balaban J connectivity index is 2.26. The molecule has 1 unspecified atom stereocenters. The highest BCUT2D eigenvalue weighted by Crippen LogP contribution is 2.37. The topological polar surface area (TPSA) is 29.5 Å². The molecule has 0 N–H and O–H groups in total. The lowest BCUT2D eigenvalue weighted by molar-refractivity contribution is 0.0160. The fraction of sp³-hybridized carbons (Fsp3) is 0.533. The molecule has 0 fully saturated rings. The van der Waals surface area contributed by atoms with Gasteiger partial charge in [0.15, 0.2) is 0 Å². The number of carbonyl (C=O) groups is 1.